The minimum Gasteiger partial charge on any atom is -1.00 e. The van der Waals surface area contributed by atoms with Crippen molar-refractivity contribution in [3.8, 4) is 0 Å². The van der Waals surface area contributed by atoms with Gasteiger partial charge in [0.2, 0.25) is 0 Å². The van der Waals surface area contributed by atoms with Crippen LogP contribution < -0.4 is 17.0 Å². The van der Waals surface area contributed by atoms with Crippen LogP contribution in [0.25, 0.3) is 5.48 Å². The minimum atomic E-state index is 0. The number of halogens is 1. The third-order valence-electron chi connectivity index (χ3n) is 0.183. The Morgan fingerprint density at radius 2 is 1.67 bits per heavy atom. The van der Waals surface area contributed by atoms with Crippen LogP contribution in [0.5, 0.6) is 0 Å². The maximum Gasteiger partial charge on any atom is 2.00 e. The van der Waals surface area contributed by atoms with E-state index in [0.29, 0.717) is 0 Å². The molecule has 0 amide bonds. The van der Waals surface area contributed by atoms with Crippen LogP contribution in [-0.4, -0.2) is 37.2 Å². The van der Waals surface area contributed by atoms with Crippen molar-refractivity contribution in [1.82, 2.24) is 0 Å². The molecule has 2 nitrogen and oxygen atoms in total. The molecule has 6 heavy (non-hydrogen) atoms. The van der Waals surface area contributed by atoms with Crippen LogP contribution in [0.2, 0.25) is 0 Å². The van der Waals surface area contributed by atoms with Crippen LogP contribution in [0.3, 0.4) is 0 Å². The first kappa shape index (κ1) is 15.7. The molecule has 0 fully saturated rings. The first-order chi connectivity index (χ1) is 1.91. The van der Waals surface area contributed by atoms with Crippen LogP contribution in [0.1, 0.15) is 0 Å². The molecule has 0 aliphatic heterocycles. The summed E-state index contributed by atoms with van der Waals surface area (Å²) in [5, 5.41) is 0. The molecule has 0 rings (SSSR count). The van der Waals surface area contributed by atoms with E-state index in [1.165, 1.54) is 7.11 Å². The van der Waals surface area contributed by atoms with Gasteiger partial charge in [0.15, 0.2) is 0 Å². The van der Waals surface area contributed by atoms with Crippen LogP contribution in [0.15, 0.2) is 0 Å². The summed E-state index contributed by atoms with van der Waals surface area (Å²) < 4.78 is 0. The Morgan fingerprint density at radius 1 is 1.50 bits per heavy atom. The van der Waals surface area contributed by atoms with Crippen molar-refractivity contribution in [1.29, 1.82) is 0 Å². The summed E-state index contributed by atoms with van der Waals surface area (Å²) in [6, 6.07) is 0. The van der Waals surface area contributed by atoms with Gasteiger partial charge in [0, 0.05) is 7.11 Å². The van der Waals surface area contributed by atoms with Gasteiger partial charge in [-0.25, -0.2) is 0 Å². The Balaban J connectivity index is -0.0000000450. The fourth-order valence-corrected chi connectivity index (χ4v) is 0. The Bertz CT molecular complexity index is 15.5. The van der Waals surface area contributed by atoms with Gasteiger partial charge in [0.05, 0.1) is 0 Å². The Kier molecular flexibility index (Phi) is 43.0. The molecular weight excluding hydrogens is 158 g/mol. The van der Waals surface area contributed by atoms with Crippen LogP contribution in [-0.2, 0) is 4.84 Å². The van der Waals surface area contributed by atoms with E-state index in [4.69, 9.17) is 0 Å². The average Bonchev–Trinajstić information content (AvgIpc) is 1.37. The standard InChI is InChI=1S/C2H6NO.BrH.Mg/c1-3-4-2;;/h1-2H3;1H;/q-1;;+2/p-1. The number of hydroxylamine groups is 1. The predicted molar refractivity (Wildman–Crippen MR) is 22.0 cm³/mol. The van der Waals surface area contributed by atoms with Crippen LogP contribution in [0.4, 0.5) is 0 Å². The number of hydrogen-bond acceptors (Lipinski definition) is 1. The largest absolute Gasteiger partial charge is 2.00 e. The molecule has 0 atom stereocenters. The van der Waals surface area contributed by atoms with Gasteiger partial charge < -0.3 is 27.3 Å². The summed E-state index contributed by atoms with van der Waals surface area (Å²) in [5.41, 5.74) is 3.24. The van der Waals surface area contributed by atoms with E-state index in [2.05, 4.69) is 10.3 Å². The van der Waals surface area contributed by atoms with Crippen molar-refractivity contribution in [3.63, 3.8) is 0 Å². The number of hydrogen-bond donors (Lipinski definition) is 0. The van der Waals surface area contributed by atoms with E-state index in [9.17, 15) is 0 Å². The van der Waals surface area contributed by atoms with E-state index in [0.717, 1.165) is 0 Å². The van der Waals surface area contributed by atoms with Gasteiger partial charge in [0.1, 0.15) is 0 Å². The molecule has 0 unspecified atom stereocenters. The van der Waals surface area contributed by atoms with Crippen molar-refractivity contribution in [3.05, 3.63) is 5.48 Å². The molecule has 0 aromatic rings. The Morgan fingerprint density at radius 3 is 1.67 bits per heavy atom. The van der Waals surface area contributed by atoms with Gasteiger partial charge in [-0.1, -0.05) is 0 Å². The maximum atomic E-state index is 4.17. The first-order valence-electron chi connectivity index (χ1n) is 1.04. The van der Waals surface area contributed by atoms with E-state index < -0.39 is 0 Å². The molecule has 0 aromatic carbocycles. The fourth-order valence-electron chi connectivity index (χ4n) is 0. The Hall–Kier alpha value is 1.17. The van der Waals surface area contributed by atoms with Gasteiger partial charge in [-0.15, -0.1) is 7.05 Å². The third kappa shape index (κ3) is 19.1. The average molecular weight is 164 g/mol. The SMILES string of the molecule is C[N-]OC.[Br-].[Mg+2]. The van der Waals surface area contributed by atoms with Gasteiger partial charge in [-0.05, 0) is 0 Å². The van der Waals surface area contributed by atoms with Gasteiger partial charge in [-0.3, -0.25) is 0 Å². The van der Waals surface area contributed by atoms with Crippen molar-refractivity contribution in [2.75, 3.05) is 14.2 Å². The van der Waals surface area contributed by atoms with Gasteiger partial charge >= 0.3 is 23.1 Å². The molecule has 0 aliphatic carbocycles. The number of rotatable bonds is 1. The Labute approximate surface area is 64.5 Å². The summed E-state index contributed by atoms with van der Waals surface area (Å²) in [6.45, 7) is 0. The predicted octanol–water partition coefficient (Wildman–Crippen LogP) is -2.83. The van der Waals surface area contributed by atoms with Crippen molar-refractivity contribution in [2.45, 2.75) is 0 Å². The summed E-state index contributed by atoms with van der Waals surface area (Å²) >= 11 is 0. The smallest absolute Gasteiger partial charge is 1.00 e. The second kappa shape index (κ2) is 16.4. The zero-order valence-electron chi connectivity index (χ0n) is 3.94. The molecule has 0 aromatic heterocycles. The molecular formula is C2H6BrMgNO. The minimum absolute atomic E-state index is 0. The second-order valence-electron chi connectivity index (χ2n) is 0.365. The maximum absolute atomic E-state index is 4.17. The molecule has 0 N–H and O–H groups in total. The first-order valence-corrected chi connectivity index (χ1v) is 1.04. The monoisotopic (exact) mass is 163 g/mol. The van der Waals surface area contributed by atoms with Crippen molar-refractivity contribution < 1.29 is 21.8 Å². The normalized spacial score (nSPS) is 5.00. The van der Waals surface area contributed by atoms with Gasteiger partial charge in [0.25, 0.3) is 0 Å². The van der Waals surface area contributed by atoms with E-state index in [1.807, 2.05) is 0 Å². The second-order valence-corrected chi connectivity index (χ2v) is 0.365. The van der Waals surface area contributed by atoms with E-state index in [-0.39, 0.29) is 40.0 Å². The third-order valence-corrected chi connectivity index (χ3v) is 0.183. The molecule has 0 saturated carbocycles. The quantitative estimate of drug-likeness (QED) is 0.303. The molecule has 4 heteroatoms. The van der Waals surface area contributed by atoms with E-state index >= 15 is 0 Å². The molecule has 34 valence electrons. The number of nitrogens with zero attached hydrogens (tertiary/aromatic N) is 1. The van der Waals surface area contributed by atoms with Crippen LogP contribution in [0, 0.1) is 0 Å². The summed E-state index contributed by atoms with van der Waals surface area (Å²) in [4.78, 5) is 4.17. The molecule has 0 aliphatic rings. The van der Waals surface area contributed by atoms with Crippen molar-refractivity contribution >= 4 is 23.1 Å². The van der Waals surface area contributed by atoms with Gasteiger partial charge in [-0.2, -0.15) is 0 Å². The van der Waals surface area contributed by atoms with Crippen molar-refractivity contribution in [2.24, 2.45) is 0 Å². The molecule has 0 spiro atoms. The fraction of sp³-hybridized carbons (Fsp3) is 1.00. The molecule has 0 bridgehead atoms. The van der Waals surface area contributed by atoms with E-state index in [1.54, 1.807) is 7.05 Å². The molecule has 0 saturated heterocycles. The topological polar surface area (TPSA) is 23.3 Å². The zero-order valence-corrected chi connectivity index (χ0v) is 6.94. The summed E-state index contributed by atoms with van der Waals surface area (Å²) in [5.74, 6) is 0. The zero-order chi connectivity index (χ0) is 3.41. The summed E-state index contributed by atoms with van der Waals surface area (Å²) in [7, 11) is 3.10. The van der Waals surface area contributed by atoms with Crippen LogP contribution >= 0.6 is 0 Å². The molecule has 0 radical (unpaired) electrons. The summed E-state index contributed by atoms with van der Waals surface area (Å²) in [6.07, 6.45) is 0. The molecule has 0 heterocycles.